The van der Waals surface area contributed by atoms with Crippen molar-refractivity contribution in [2.45, 2.75) is 26.0 Å². The molecule has 0 spiro atoms. The summed E-state index contributed by atoms with van der Waals surface area (Å²) in [6.07, 6.45) is 0.0364. The molecule has 0 aromatic rings. The normalized spacial score (nSPS) is 15.9. The van der Waals surface area contributed by atoms with Gasteiger partial charge in [-0.05, 0) is 13.8 Å². The van der Waals surface area contributed by atoms with Crippen LogP contribution in [0.3, 0.4) is 0 Å². The van der Waals surface area contributed by atoms with E-state index >= 15 is 0 Å². The van der Waals surface area contributed by atoms with Crippen molar-refractivity contribution in [3.05, 3.63) is 0 Å². The maximum atomic E-state index is 10.1. The van der Waals surface area contributed by atoms with E-state index in [0.29, 0.717) is 0 Å². The monoisotopic (exact) mass is 161 g/mol. The fourth-order valence-electron chi connectivity index (χ4n) is 0.618. The van der Waals surface area contributed by atoms with Gasteiger partial charge in [-0.3, -0.25) is 4.79 Å². The zero-order valence-electron chi connectivity index (χ0n) is 7.13. The molecule has 0 radical (unpaired) electrons. The molecule has 0 aliphatic heterocycles. The van der Waals surface area contributed by atoms with E-state index in [1.54, 1.807) is 7.11 Å². The Kier molecular flexibility index (Phi) is 4.81. The topological polar surface area (TPSA) is 58.6 Å². The number of rotatable bonds is 5. The summed E-state index contributed by atoms with van der Waals surface area (Å²) in [5.41, 5.74) is 0. The summed E-state index contributed by atoms with van der Waals surface area (Å²) in [7, 11) is 1.60. The molecule has 11 heavy (non-hydrogen) atoms. The minimum absolute atomic E-state index is 0.0190. The molecular weight excluding hydrogens is 146 g/mol. The molecule has 2 N–H and O–H groups in total. The van der Waals surface area contributed by atoms with Crippen LogP contribution in [0.1, 0.15) is 13.8 Å². The second kappa shape index (κ2) is 5.09. The molecular formula is C7H15NO3. The van der Waals surface area contributed by atoms with Gasteiger partial charge < -0.3 is 15.2 Å². The first kappa shape index (κ1) is 10.4. The molecule has 0 aliphatic rings. The number of aliphatic carboxylic acids is 1. The zero-order chi connectivity index (χ0) is 8.85. The van der Waals surface area contributed by atoms with Gasteiger partial charge in [-0.25, -0.2) is 0 Å². The molecule has 2 atom stereocenters. The Morgan fingerprint density at radius 3 is 2.55 bits per heavy atom. The Hall–Kier alpha value is -0.610. The first-order valence-corrected chi connectivity index (χ1v) is 3.56. The molecule has 0 rings (SSSR count). The summed E-state index contributed by atoms with van der Waals surface area (Å²) < 4.78 is 4.99. The third kappa shape index (κ3) is 4.75. The van der Waals surface area contributed by atoms with E-state index in [1.807, 2.05) is 13.8 Å². The minimum atomic E-state index is -0.847. The zero-order valence-corrected chi connectivity index (χ0v) is 7.13. The summed E-state index contributed by atoms with van der Waals surface area (Å²) in [6.45, 7) is 3.76. The smallest absolute Gasteiger partial charge is 0.317 e. The third-order valence-corrected chi connectivity index (χ3v) is 1.65. The Morgan fingerprint density at radius 1 is 1.64 bits per heavy atom. The highest BCUT2D eigenvalue weighted by Gasteiger charge is 2.10. The Morgan fingerprint density at radius 2 is 2.18 bits per heavy atom. The van der Waals surface area contributed by atoms with E-state index in [2.05, 4.69) is 5.32 Å². The summed E-state index contributed by atoms with van der Waals surface area (Å²) >= 11 is 0. The summed E-state index contributed by atoms with van der Waals surface area (Å²) in [4.78, 5) is 10.1. The Balaban J connectivity index is 3.51. The highest BCUT2D eigenvalue weighted by Crippen LogP contribution is 1.94. The van der Waals surface area contributed by atoms with Gasteiger partial charge in [0.15, 0.2) is 0 Å². The molecule has 0 aromatic carbocycles. The Labute approximate surface area is 66.5 Å². The first-order chi connectivity index (χ1) is 5.07. The molecule has 0 aromatic heterocycles. The van der Waals surface area contributed by atoms with Gasteiger partial charge >= 0.3 is 5.97 Å². The van der Waals surface area contributed by atoms with Crippen molar-refractivity contribution in [2.24, 2.45) is 0 Å². The van der Waals surface area contributed by atoms with Crippen LogP contribution < -0.4 is 5.32 Å². The van der Waals surface area contributed by atoms with E-state index in [-0.39, 0.29) is 18.7 Å². The van der Waals surface area contributed by atoms with Crippen LogP contribution in [0.15, 0.2) is 0 Å². The van der Waals surface area contributed by atoms with Crippen LogP contribution in [0.2, 0.25) is 0 Å². The van der Waals surface area contributed by atoms with Crippen LogP contribution >= 0.6 is 0 Å². The fraction of sp³-hybridized carbons (Fsp3) is 0.857. The second-order valence-electron chi connectivity index (χ2n) is 2.50. The summed E-state index contributed by atoms with van der Waals surface area (Å²) in [6, 6.07) is 0.0658. The van der Waals surface area contributed by atoms with E-state index in [0.717, 1.165) is 0 Å². The van der Waals surface area contributed by atoms with E-state index in [1.165, 1.54) is 0 Å². The van der Waals surface area contributed by atoms with Crippen LogP contribution in [0.25, 0.3) is 0 Å². The number of carboxylic acid groups (broad SMARTS) is 1. The lowest BCUT2D eigenvalue weighted by Gasteiger charge is -2.18. The first-order valence-electron chi connectivity index (χ1n) is 3.56. The predicted octanol–water partition coefficient (Wildman–Crippen LogP) is 0.0840. The molecule has 0 bridgehead atoms. The van der Waals surface area contributed by atoms with Gasteiger partial charge in [-0.2, -0.15) is 0 Å². The molecule has 0 saturated carbocycles. The minimum Gasteiger partial charge on any atom is -0.480 e. The molecule has 66 valence electrons. The van der Waals surface area contributed by atoms with Gasteiger partial charge in [-0.1, -0.05) is 0 Å². The maximum absolute atomic E-state index is 10.1. The molecule has 4 nitrogen and oxygen atoms in total. The molecule has 0 fully saturated rings. The van der Waals surface area contributed by atoms with Gasteiger partial charge in [0.05, 0.1) is 12.6 Å². The number of carboxylic acids is 1. The van der Waals surface area contributed by atoms with Gasteiger partial charge in [0.25, 0.3) is 0 Å². The molecule has 0 amide bonds. The standard InChI is InChI=1S/C7H15NO3/c1-5(6(2)11-3)8-4-7(9)10/h5-6,8H,4H2,1-3H3,(H,9,10). The quantitative estimate of drug-likeness (QED) is 0.599. The van der Waals surface area contributed by atoms with Crippen LogP contribution in [-0.2, 0) is 9.53 Å². The molecule has 0 heterocycles. The van der Waals surface area contributed by atoms with Gasteiger partial charge in [0.1, 0.15) is 0 Å². The average molecular weight is 161 g/mol. The van der Waals surface area contributed by atoms with Crippen LogP contribution in [0.5, 0.6) is 0 Å². The van der Waals surface area contributed by atoms with Crippen LogP contribution in [0.4, 0.5) is 0 Å². The maximum Gasteiger partial charge on any atom is 0.317 e. The molecule has 0 saturated heterocycles. The predicted molar refractivity (Wildman–Crippen MR) is 41.6 cm³/mol. The van der Waals surface area contributed by atoms with E-state index < -0.39 is 5.97 Å². The largest absolute Gasteiger partial charge is 0.480 e. The number of hydrogen-bond acceptors (Lipinski definition) is 3. The fourth-order valence-corrected chi connectivity index (χ4v) is 0.618. The van der Waals surface area contributed by atoms with Gasteiger partial charge in [-0.15, -0.1) is 0 Å². The third-order valence-electron chi connectivity index (χ3n) is 1.65. The van der Waals surface area contributed by atoms with Crippen molar-refractivity contribution in [3.63, 3.8) is 0 Å². The SMILES string of the molecule is COC(C)C(C)NCC(=O)O. The second-order valence-corrected chi connectivity index (χ2v) is 2.50. The van der Waals surface area contributed by atoms with E-state index in [4.69, 9.17) is 9.84 Å². The summed E-state index contributed by atoms with van der Waals surface area (Å²) in [5, 5.41) is 11.1. The van der Waals surface area contributed by atoms with Gasteiger partial charge in [0.2, 0.25) is 0 Å². The van der Waals surface area contributed by atoms with E-state index in [9.17, 15) is 4.79 Å². The average Bonchev–Trinajstić information content (AvgIpc) is 1.98. The van der Waals surface area contributed by atoms with Crippen molar-refractivity contribution in [2.75, 3.05) is 13.7 Å². The number of methoxy groups -OCH3 is 1. The Bertz CT molecular complexity index is 127. The van der Waals surface area contributed by atoms with Gasteiger partial charge in [0, 0.05) is 13.2 Å². The van der Waals surface area contributed by atoms with Crippen molar-refractivity contribution in [3.8, 4) is 0 Å². The number of hydrogen-bond donors (Lipinski definition) is 2. The van der Waals surface area contributed by atoms with Crippen molar-refractivity contribution < 1.29 is 14.6 Å². The number of ether oxygens (including phenoxy) is 1. The highest BCUT2D eigenvalue weighted by molar-refractivity contribution is 5.69. The number of nitrogens with one attached hydrogen (secondary N) is 1. The van der Waals surface area contributed by atoms with Crippen molar-refractivity contribution in [1.82, 2.24) is 5.32 Å². The highest BCUT2D eigenvalue weighted by atomic mass is 16.5. The summed E-state index contributed by atoms with van der Waals surface area (Å²) in [5.74, 6) is -0.847. The van der Waals surface area contributed by atoms with Crippen molar-refractivity contribution in [1.29, 1.82) is 0 Å². The van der Waals surface area contributed by atoms with Crippen LogP contribution in [0, 0.1) is 0 Å². The molecule has 0 aliphatic carbocycles. The van der Waals surface area contributed by atoms with Crippen molar-refractivity contribution >= 4 is 5.97 Å². The lowest BCUT2D eigenvalue weighted by molar-refractivity contribution is -0.136. The lowest BCUT2D eigenvalue weighted by atomic mass is 10.2. The molecule has 4 heteroatoms. The lowest BCUT2D eigenvalue weighted by Crippen LogP contribution is -2.39. The number of carbonyl (C=O) groups is 1. The molecule has 2 unspecified atom stereocenters. The van der Waals surface area contributed by atoms with Crippen LogP contribution in [-0.4, -0.2) is 36.9 Å².